The van der Waals surface area contributed by atoms with Crippen molar-refractivity contribution in [3.8, 4) is 0 Å². The Morgan fingerprint density at radius 3 is 2.80 bits per heavy atom. The highest BCUT2D eigenvalue weighted by atomic mass is 19.3. The summed E-state index contributed by atoms with van der Waals surface area (Å²) < 4.78 is 36.2. The number of methoxy groups -OCH3 is 1. The van der Waals surface area contributed by atoms with Gasteiger partial charge in [-0.25, -0.2) is 23.4 Å². The highest BCUT2D eigenvalue weighted by Gasteiger charge is 2.29. The third-order valence-electron chi connectivity index (χ3n) is 5.98. The first kappa shape index (κ1) is 28.7. The second-order valence-electron chi connectivity index (χ2n) is 8.74. The molecule has 2 rings (SSSR count). The number of carbonyl (C=O) groups excluding carboxylic acids is 1. The molecule has 0 fully saturated rings. The van der Waals surface area contributed by atoms with Crippen LogP contribution in [0.1, 0.15) is 50.3 Å². The number of carboxylic acids is 1. The molecule has 1 aromatic rings. The lowest BCUT2D eigenvalue weighted by Gasteiger charge is -2.24. The van der Waals surface area contributed by atoms with E-state index in [0.717, 1.165) is 56.7 Å². The maximum absolute atomic E-state index is 13.3. The van der Waals surface area contributed by atoms with Gasteiger partial charge in [0, 0.05) is 38.9 Å². The van der Waals surface area contributed by atoms with Crippen LogP contribution in [-0.2, 0) is 27.1 Å². The van der Waals surface area contributed by atoms with Gasteiger partial charge in [0.1, 0.15) is 11.9 Å². The van der Waals surface area contributed by atoms with E-state index in [2.05, 4.69) is 32.4 Å². The number of ether oxygens (including phenoxy) is 2. The monoisotopic (exact) mass is 500 g/mol. The quantitative estimate of drug-likeness (QED) is 0.296. The summed E-state index contributed by atoms with van der Waals surface area (Å²) in [6.07, 6.45) is 3.30. The second kappa shape index (κ2) is 14.8. The van der Waals surface area contributed by atoms with Crippen LogP contribution < -0.4 is 10.6 Å². The van der Waals surface area contributed by atoms with Gasteiger partial charge in [0.2, 0.25) is 0 Å². The van der Waals surface area contributed by atoms with Crippen LogP contribution in [0.2, 0.25) is 0 Å². The Kier molecular flexibility index (Phi) is 12.1. The van der Waals surface area contributed by atoms with Crippen molar-refractivity contribution in [3.05, 3.63) is 23.4 Å². The summed E-state index contributed by atoms with van der Waals surface area (Å²) >= 11 is 0. The predicted octanol–water partition coefficient (Wildman–Crippen LogP) is 3.33. The number of rotatable bonds is 16. The number of unbranched alkanes of at least 4 members (excludes halogenated alkanes) is 1. The van der Waals surface area contributed by atoms with Crippen molar-refractivity contribution in [3.63, 3.8) is 0 Å². The first-order valence-corrected chi connectivity index (χ1v) is 12.2. The minimum Gasteiger partial charge on any atom is -0.480 e. The molecule has 2 heterocycles. The zero-order valence-electron chi connectivity index (χ0n) is 20.7. The summed E-state index contributed by atoms with van der Waals surface area (Å²) in [7, 11) is 1.59. The molecule has 0 aliphatic carbocycles. The lowest BCUT2D eigenvalue weighted by Crippen LogP contribution is -2.44. The van der Waals surface area contributed by atoms with E-state index >= 15 is 0 Å². The number of pyridine rings is 1. The molecule has 11 heteroatoms. The molecule has 198 valence electrons. The average molecular weight is 501 g/mol. The van der Waals surface area contributed by atoms with E-state index in [-0.39, 0.29) is 6.42 Å². The number of aromatic nitrogens is 1. The minimum absolute atomic E-state index is 0.108. The van der Waals surface area contributed by atoms with Gasteiger partial charge in [-0.1, -0.05) is 13.0 Å². The number of anilines is 1. The standard InChI is InChI=1S/C24H38F2N4O5/c1-3-24(25,26)17-35-23(33)29-20(22(31)32)11-14-30(15-16-34-2)13-5-4-8-19-10-9-18-7-6-12-27-21(18)28-19/h9-10,20H,3-8,11-17H2,1-2H3,(H,27,28)(H,29,33)(H,31,32). The Morgan fingerprint density at radius 1 is 1.29 bits per heavy atom. The van der Waals surface area contributed by atoms with Crippen molar-refractivity contribution in [2.24, 2.45) is 0 Å². The Labute approximate surface area is 205 Å². The summed E-state index contributed by atoms with van der Waals surface area (Å²) in [6, 6.07) is 2.98. The Bertz CT molecular complexity index is 812. The molecule has 0 bridgehead atoms. The van der Waals surface area contributed by atoms with Crippen LogP contribution in [-0.4, -0.2) is 85.5 Å². The SMILES string of the molecule is CCC(F)(F)COC(=O)NC(CCN(CCCCc1ccc2c(n1)NCCC2)CCOC)C(=O)O. The zero-order chi connectivity index (χ0) is 25.7. The summed E-state index contributed by atoms with van der Waals surface area (Å²) in [5.74, 6) is -3.40. The molecule has 0 saturated heterocycles. The fourth-order valence-electron chi connectivity index (χ4n) is 3.73. The number of halogens is 2. The van der Waals surface area contributed by atoms with Gasteiger partial charge < -0.3 is 30.1 Å². The number of alkyl halides is 2. The number of aryl methyl sites for hydroxylation is 2. The molecule has 0 aromatic carbocycles. The summed E-state index contributed by atoms with van der Waals surface area (Å²) in [6.45, 7) is 3.35. The summed E-state index contributed by atoms with van der Waals surface area (Å²) in [5.41, 5.74) is 2.30. The van der Waals surface area contributed by atoms with Crippen LogP contribution in [0.5, 0.6) is 0 Å². The molecule has 1 atom stereocenters. The van der Waals surface area contributed by atoms with Gasteiger partial charge in [-0.05, 0) is 56.7 Å². The highest BCUT2D eigenvalue weighted by molar-refractivity contribution is 5.79. The van der Waals surface area contributed by atoms with Gasteiger partial charge in [0.15, 0.2) is 6.61 Å². The fourth-order valence-corrected chi connectivity index (χ4v) is 3.73. The second-order valence-corrected chi connectivity index (χ2v) is 8.74. The number of amides is 1. The van der Waals surface area contributed by atoms with Crippen molar-refractivity contribution in [1.29, 1.82) is 0 Å². The predicted molar refractivity (Wildman–Crippen MR) is 128 cm³/mol. The van der Waals surface area contributed by atoms with Crippen molar-refractivity contribution < 1.29 is 33.0 Å². The van der Waals surface area contributed by atoms with E-state index in [1.54, 1.807) is 7.11 Å². The molecular weight excluding hydrogens is 462 g/mol. The largest absolute Gasteiger partial charge is 0.480 e. The molecular formula is C24H38F2N4O5. The Hall–Kier alpha value is -2.53. The van der Waals surface area contributed by atoms with Gasteiger partial charge in [-0.3, -0.25) is 0 Å². The number of carbonyl (C=O) groups is 2. The Balaban J connectivity index is 1.78. The van der Waals surface area contributed by atoms with Crippen molar-refractivity contribution in [2.45, 2.75) is 63.8 Å². The molecule has 3 N–H and O–H groups in total. The van der Waals surface area contributed by atoms with Crippen molar-refractivity contribution in [2.75, 3.05) is 51.8 Å². The van der Waals surface area contributed by atoms with Crippen LogP contribution in [0.25, 0.3) is 0 Å². The third kappa shape index (κ3) is 10.7. The van der Waals surface area contributed by atoms with E-state index in [9.17, 15) is 23.5 Å². The molecule has 1 aliphatic rings. The molecule has 0 spiro atoms. The van der Waals surface area contributed by atoms with Crippen LogP contribution >= 0.6 is 0 Å². The molecule has 9 nitrogen and oxygen atoms in total. The molecule has 1 unspecified atom stereocenters. The number of nitrogens with zero attached hydrogens (tertiary/aromatic N) is 2. The number of hydrogen-bond donors (Lipinski definition) is 3. The molecule has 1 amide bonds. The van der Waals surface area contributed by atoms with E-state index in [0.29, 0.717) is 19.7 Å². The minimum atomic E-state index is -3.14. The van der Waals surface area contributed by atoms with Gasteiger partial charge in [0.05, 0.1) is 6.61 Å². The van der Waals surface area contributed by atoms with Crippen LogP contribution in [0, 0.1) is 0 Å². The molecule has 0 saturated carbocycles. The maximum atomic E-state index is 13.3. The van der Waals surface area contributed by atoms with E-state index in [1.165, 1.54) is 12.5 Å². The third-order valence-corrected chi connectivity index (χ3v) is 5.98. The van der Waals surface area contributed by atoms with Gasteiger partial charge in [0.25, 0.3) is 5.92 Å². The van der Waals surface area contributed by atoms with Crippen molar-refractivity contribution in [1.82, 2.24) is 15.2 Å². The fraction of sp³-hybridized carbons (Fsp3) is 0.708. The van der Waals surface area contributed by atoms with Crippen LogP contribution in [0.4, 0.5) is 19.4 Å². The first-order valence-electron chi connectivity index (χ1n) is 12.2. The normalized spacial score (nSPS) is 14.2. The van der Waals surface area contributed by atoms with E-state index < -0.39 is 37.1 Å². The zero-order valence-corrected chi connectivity index (χ0v) is 20.7. The highest BCUT2D eigenvalue weighted by Crippen LogP contribution is 2.20. The average Bonchev–Trinajstić information content (AvgIpc) is 2.85. The maximum Gasteiger partial charge on any atom is 0.408 e. The summed E-state index contributed by atoms with van der Waals surface area (Å²) in [5, 5.41) is 15.0. The Morgan fingerprint density at radius 2 is 2.09 bits per heavy atom. The van der Waals surface area contributed by atoms with Gasteiger partial charge >= 0.3 is 12.1 Å². The topological polar surface area (TPSA) is 113 Å². The molecule has 1 aliphatic heterocycles. The van der Waals surface area contributed by atoms with Crippen LogP contribution in [0.3, 0.4) is 0 Å². The molecule has 1 aromatic heterocycles. The number of fused-ring (bicyclic) bond motifs is 1. The van der Waals surface area contributed by atoms with Gasteiger partial charge in [-0.15, -0.1) is 0 Å². The van der Waals surface area contributed by atoms with E-state index in [1.807, 2.05) is 0 Å². The molecule has 0 radical (unpaired) electrons. The summed E-state index contributed by atoms with van der Waals surface area (Å²) in [4.78, 5) is 30.1. The van der Waals surface area contributed by atoms with Crippen molar-refractivity contribution >= 4 is 17.9 Å². The van der Waals surface area contributed by atoms with E-state index in [4.69, 9.17) is 9.72 Å². The number of hydrogen-bond acceptors (Lipinski definition) is 7. The lowest BCUT2D eigenvalue weighted by molar-refractivity contribution is -0.139. The lowest BCUT2D eigenvalue weighted by atomic mass is 10.1. The number of carboxylic acid groups (broad SMARTS) is 1. The van der Waals surface area contributed by atoms with Crippen LogP contribution in [0.15, 0.2) is 12.1 Å². The molecule has 35 heavy (non-hydrogen) atoms. The number of aliphatic carboxylic acids is 1. The number of nitrogens with one attached hydrogen (secondary N) is 2. The smallest absolute Gasteiger partial charge is 0.408 e. The first-order chi connectivity index (χ1) is 16.7. The number of alkyl carbamates (subject to hydrolysis) is 1. The van der Waals surface area contributed by atoms with Gasteiger partial charge in [-0.2, -0.15) is 0 Å².